The van der Waals surface area contributed by atoms with Gasteiger partial charge in [-0.1, -0.05) is 36.1 Å². The predicted octanol–water partition coefficient (Wildman–Crippen LogP) is 4.03. The highest BCUT2D eigenvalue weighted by Crippen LogP contribution is 2.08. The van der Waals surface area contributed by atoms with Crippen LogP contribution in [0.15, 0.2) is 48.5 Å². The van der Waals surface area contributed by atoms with E-state index >= 15 is 0 Å². The van der Waals surface area contributed by atoms with Gasteiger partial charge < -0.3 is 4.74 Å². The van der Waals surface area contributed by atoms with Gasteiger partial charge in [-0.2, -0.15) is 3.22 Å². The highest BCUT2D eigenvalue weighted by molar-refractivity contribution is 14.1. The van der Waals surface area contributed by atoms with E-state index in [0.717, 1.165) is 22.3 Å². The molecule has 0 unspecified atom stereocenters. The van der Waals surface area contributed by atoms with Gasteiger partial charge in [-0.25, -0.2) is 4.89 Å². The molecule has 108 valence electrons. The van der Waals surface area contributed by atoms with Crippen molar-refractivity contribution in [2.75, 3.05) is 7.11 Å². The number of methoxy groups -OCH3 is 1. The lowest BCUT2D eigenvalue weighted by Crippen LogP contribution is -1.89. The van der Waals surface area contributed by atoms with Gasteiger partial charge in [0.2, 0.25) is 0 Å². The molecule has 0 bridgehead atoms. The van der Waals surface area contributed by atoms with E-state index in [1.54, 1.807) is 30.1 Å². The minimum atomic E-state index is 0.407. The van der Waals surface area contributed by atoms with Crippen LogP contribution in [0.5, 0.6) is 0 Å². The van der Waals surface area contributed by atoms with Crippen molar-refractivity contribution in [1.82, 2.24) is 0 Å². The summed E-state index contributed by atoms with van der Waals surface area (Å²) in [5.41, 5.74) is 4.09. The SMILES string of the molecule is COCc1ccc(C#Cc2cccc(COOI)c2)cc1. The third-order valence-electron chi connectivity index (χ3n) is 2.81. The maximum Gasteiger partial charge on any atom is 0.155 e. The number of ether oxygens (including phenoxy) is 1. The van der Waals surface area contributed by atoms with Crippen LogP contribution >= 0.6 is 23.0 Å². The van der Waals surface area contributed by atoms with Crippen LogP contribution in [0.25, 0.3) is 0 Å². The van der Waals surface area contributed by atoms with Gasteiger partial charge in [0.15, 0.2) is 23.0 Å². The third kappa shape index (κ3) is 5.48. The Labute approximate surface area is 138 Å². The summed E-state index contributed by atoms with van der Waals surface area (Å²) in [4.78, 5) is 4.90. The fourth-order valence-electron chi connectivity index (χ4n) is 1.82. The van der Waals surface area contributed by atoms with E-state index in [-0.39, 0.29) is 0 Å². The van der Waals surface area contributed by atoms with Crippen molar-refractivity contribution in [3.63, 3.8) is 0 Å². The molecule has 2 aromatic rings. The van der Waals surface area contributed by atoms with E-state index in [1.165, 1.54) is 0 Å². The summed E-state index contributed by atoms with van der Waals surface area (Å²) in [7, 11) is 1.69. The molecule has 0 aliphatic heterocycles. The summed E-state index contributed by atoms with van der Waals surface area (Å²) in [5, 5.41) is 0. The van der Waals surface area contributed by atoms with E-state index in [2.05, 4.69) is 15.1 Å². The molecule has 0 spiro atoms. The Morgan fingerprint density at radius 2 is 1.67 bits per heavy atom. The zero-order valence-electron chi connectivity index (χ0n) is 11.6. The van der Waals surface area contributed by atoms with Gasteiger partial charge in [0.05, 0.1) is 6.61 Å². The molecule has 0 atom stereocenters. The van der Waals surface area contributed by atoms with Crippen molar-refractivity contribution < 1.29 is 12.8 Å². The van der Waals surface area contributed by atoms with E-state index in [9.17, 15) is 0 Å². The van der Waals surface area contributed by atoms with Gasteiger partial charge in [-0.05, 0) is 35.4 Å². The molecule has 0 saturated heterocycles. The standard InChI is InChI=1S/C17H15IO3/c1-19-12-16-9-6-14(7-10-16)5-8-15-3-2-4-17(11-15)13-20-21-18/h2-4,6-7,9-11H,12-13H2,1H3. The fourth-order valence-corrected chi connectivity index (χ4v) is 1.95. The predicted molar refractivity (Wildman–Crippen MR) is 89.5 cm³/mol. The molecule has 2 aromatic carbocycles. The Morgan fingerprint density at radius 1 is 0.905 bits per heavy atom. The van der Waals surface area contributed by atoms with E-state index < -0.39 is 0 Å². The number of hydrogen-bond donors (Lipinski definition) is 0. The average molecular weight is 394 g/mol. The summed E-state index contributed by atoms with van der Waals surface area (Å²) < 4.78 is 9.65. The molecule has 0 amide bonds. The second-order valence-corrected chi connectivity index (χ2v) is 4.77. The molecule has 0 radical (unpaired) electrons. The molecule has 0 N–H and O–H groups in total. The van der Waals surface area contributed by atoms with Crippen LogP contribution in [0, 0.1) is 11.8 Å². The van der Waals surface area contributed by atoms with Gasteiger partial charge in [-0.15, -0.1) is 0 Å². The lowest BCUT2D eigenvalue weighted by atomic mass is 10.1. The van der Waals surface area contributed by atoms with Gasteiger partial charge in [-0.3, -0.25) is 0 Å². The Balaban J connectivity index is 2.07. The van der Waals surface area contributed by atoms with Crippen molar-refractivity contribution >= 4 is 23.0 Å². The molecular weight excluding hydrogens is 379 g/mol. The zero-order chi connectivity index (χ0) is 14.9. The van der Waals surface area contributed by atoms with Crippen LogP contribution in [0.4, 0.5) is 0 Å². The minimum absolute atomic E-state index is 0.407. The Kier molecular flexibility index (Phi) is 6.70. The molecular formula is C17H15IO3. The molecule has 21 heavy (non-hydrogen) atoms. The summed E-state index contributed by atoms with van der Waals surface area (Å²) >= 11 is 1.70. The lowest BCUT2D eigenvalue weighted by Gasteiger charge is -2.00. The van der Waals surface area contributed by atoms with Crippen LogP contribution in [0.3, 0.4) is 0 Å². The highest BCUT2D eigenvalue weighted by atomic mass is 127. The molecule has 0 saturated carbocycles. The summed E-state index contributed by atoms with van der Waals surface area (Å²) in [6.07, 6.45) is 0. The molecule has 3 nitrogen and oxygen atoms in total. The van der Waals surface area contributed by atoms with Crippen LogP contribution in [-0.4, -0.2) is 7.11 Å². The Morgan fingerprint density at radius 3 is 2.38 bits per heavy atom. The van der Waals surface area contributed by atoms with E-state index in [4.69, 9.17) is 9.62 Å². The average Bonchev–Trinajstić information content (AvgIpc) is 2.53. The van der Waals surface area contributed by atoms with Crippen LogP contribution in [0.2, 0.25) is 0 Å². The quantitative estimate of drug-likeness (QED) is 0.332. The first-order valence-corrected chi connectivity index (χ1v) is 7.29. The summed E-state index contributed by atoms with van der Waals surface area (Å²) in [6, 6.07) is 15.9. The van der Waals surface area contributed by atoms with Gasteiger partial charge in [0.1, 0.15) is 6.61 Å². The molecule has 2 rings (SSSR count). The zero-order valence-corrected chi connectivity index (χ0v) is 13.8. The highest BCUT2D eigenvalue weighted by Gasteiger charge is 1.95. The molecule has 0 aliphatic rings. The molecule has 0 fully saturated rings. The summed E-state index contributed by atoms with van der Waals surface area (Å²) in [5.74, 6) is 6.30. The van der Waals surface area contributed by atoms with Crippen LogP contribution in [-0.2, 0) is 26.1 Å². The molecule has 0 aromatic heterocycles. The van der Waals surface area contributed by atoms with Crippen molar-refractivity contribution in [2.45, 2.75) is 13.2 Å². The topological polar surface area (TPSA) is 27.7 Å². The maximum atomic E-state index is 5.08. The largest absolute Gasteiger partial charge is 0.380 e. The smallest absolute Gasteiger partial charge is 0.155 e. The normalized spacial score (nSPS) is 10.0. The minimum Gasteiger partial charge on any atom is -0.380 e. The van der Waals surface area contributed by atoms with Crippen molar-refractivity contribution in [1.29, 1.82) is 0 Å². The Hall–Kier alpha value is -1.39. The molecule has 0 aliphatic carbocycles. The fraction of sp³-hybridized carbons (Fsp3) is 0.176. The second kappa shape index (κ2) is 8.80. The number of rotatable bonds is 5. The van der Waals surface area contributed by atoms with Gasteiger partial charge in [0.25, 0.3) is 0 Å². The second-order valence-electron chi connectivity index (χ2n) is 4.41. The van der Waals surface area contributed by atoms with E-state index in [0.29, 0.717) is 13.2 Å². The lowest BCUT2D eigenvalue weighted by molar-refractivity contribution is -0.177. The Bertz CT molecular complexity index is 626. The number of hydrogen-bond acceptors (Lipinski definition) is 3. The molecule has 0 heterocycles. The van der Waals surface area contributed by atoms with Gasteiger partial charge in [0, 0.05) is 18.2 Å². The van der Waals surface area contributed by atoms with E-state index in [1.807, 2.05) is 48.5 Å². The van der Waals surface area contributed by atoms with Gasteiger partial charge >= 0.3 is 0 Å². The van der Waals surface area contributed by atoms with Crippen molar-refractivity contribution in [3.8, 4) is 11.8 Å². The first kappa shape index (κ1) is 16.0. The maximum absolute atomic E-state index is 5.08. The van der Waals surface area contributed by atoms with Crippen LogP contribution in [0.1, 0.15) is 22.3 Å². The number of halogens is 1. The first-order valence-electron chi connectivity index (χ1n) is 6.41. The number of benzene rings is 2. The third-order valence-corrected chi connectivity index (χ3v) is 3.07. The molecule has 4 heteroatoms. The van der Waals surface area contributed by atoms with Crippen LogP contribution < -0.4 is 0 Å². The first-order chi connectivity index (χ1) is 10.3. The summed E-state index contributed by atoms with van der Waals surface area (Å²) in [6.45, 7) is 1.03. The van der Waals surface area contributed by atoms with Crippen molar-refractivity contribution in [3.05, 3.63) is 70.8 Å². The van der Waals surface area contributed by atoms with Crippen molar-refractivity contribution in [2.24, 2.45) is 0 Å². The monoisotopic (exact) mass is 394 g/mol.